The molecule has 1 aromatic rings. The van der Waals surface area contributed by atoms with Crippen molar-refractivity contribution in [3.63, 3.8) is 0 Å². The van der Waals surface area contributed by atoms with Gasteiger partial charge in [0.05, 0.1) is 0 Å². The van der Waals surface area contributed by atoms with Crippen LogP contribution in [0.25, 0.3) is 0 Å². The van der Waals surface area contributed by atoms with Crippen LogP contribution >= 0.6 is 0 Å². The average Bonchev–Trinajstić information content (AvgIpc) is 3.87. The molecule has 2 aliphatic rings. The quantitative estimate of drug-likeness (QED) is 0.0581. The lowest BCUT2D eigenvalue weighted by Gasteiger charge is -2.41. The van der Waals surface area contributed by atoms with Gasteiger partial charge in [0.2, 0.25) is 35.4 Å². The number of nitrogens with zero attached hydrogens (tertiary/aromatic N) is 3. The summed E-state index contributed by atoms with van der Waals surface area (Å²) in [5.74, 6) is -7.92. The van der Waals surface area contributed by atoms with Gasteiger partial charge in [-0.1, -0.05) is 105 Å². The van der Waals surface area contributed by atoms with Crippen LogP contribution in [-0.2, 0) is 44.8 Å². The fourth-order valence-electron chi connectivity index (χ4n) is 10.2. The number of nitrogens with one attached hydrogen (secondary N) is 2. The van der Waals surface area contributed by atoms with Gasteiger partial charge in [-0.05, 0) is 49.0 Å². The fraction of sp³-hybridized carbons (Fsp3) is 0.725. The van der Waals surface area contributed by atoms with E-state index in [-0.39, 0.29) is 72.9 Å². The van der Waals surface area contributed by atoms with Gasteiger partial charge in [-0.25, -0.2) is 4.79 Å². The number of carboxylic acid groups (broad SMARTS) is 1. The van der Waals surface area contributed by atoms with E-state index in [0.29, 0.717) is 51.6 Å². The van der Waals surface area contributed by atoms with Gasteiger partial charge in [-0.15, -0.1) is 0 Å². The summed E-state index contributed by atoms with van der Waals surface area (Å²) in [4.78, 5) is 111. The smallest absolute Gasteiger partial charge is 0.326 e. The Bertz CT molecular complexity index is 1840. The summed E-state index contributed by atoms with van der Waals surface area (Å²) in [7, 11) is 1.62. The van der Waals surface area contributed by atoms with Crippen molar-refractivity contribution in [2.75, 3.05) is 33.4 Å². The van der Waals surface area contributed by atoms with Gasteiger partial charge >= 0.3 is 5.97 Å². The van der Waals surface area contributed by atoms with E-state index < -0.39 is 90.7 Å². The van der Waals surface area contributed by atoms with Crippen molar-refractivity contribution in [3.05, 3.63) is 35.9 Å². The molecule has 16 nitrogen and oxygen atoms in total. The highest BCUT2D eigenvalue weighted by Crippen LogP contribution is 2.33. The number of rotatable bonds is 28. The Morgan fingerprint density at radius 1 is 0.851 bits per heavy atom. The number of hydrogen-bond acceptors (Lipinski definition) is 10. The molecule has 2 fully saturated rings. The van der Waals surface area contributed by atoms with Gasteiger partial charge in [-0.2, -0.15) is 0 Å². The molecule has 6 amide bonds. The maximum absolute atomic E-state index is 14.6. The first kappa shape index (κ1) is 56.6. The van der Waals surface area contributed by atoms with Crippen molar-refractivity contribution in [2.24, 2.45) is 53.3 Å². The molecule has 376 valence electrons. The largest absolute Gasteiger partial charge is 0.480 e. The summed E-state index contributed by atoms with van der Waals surface area (Å²) in [6, 6.07) is 5.63. The molecule has 11 atom stereocenters. The molecule has 0 bridgehead atoms. The molecule has 3 rings (SSSR count). The number of hydrogen-bond donors (Lipinski definition) is 5. The average molecular weight is 940 g/mol. The summed E-state index contributed by atoms with van der Waals surface area (Å²) in [5.41, 5.74) is 0.738. The zero-order valence-corrected chi connectivity index (χ0v) is 41.7. The SMILES string of the molecule is CC[C@H](C)[C@@H]([C@H](CO)CC(=O)N1CCC[C@H]1[C@H](CO)[C@@H](C)C(=O)N[C@@H](Cc1ccccc1)C(=O)O)N(C)C(=O)[C@@H](NC(=O)[C@H](C(C)C)C(C)C(=O)CCCCCN1C(=O)CC(C)C1=O)C(C)C. The summed E-state index contributed by atoms with van der Waals surface area (Å²) in [5, 5.41) is 37.1. The van der Waals surface area contributed by atoms with Crippen molar-refractivity contribution < 1.29 is 53.7 Å². The van der Waals surface area contributed by atoms with Crippen molar-refractivity contribution in [1.29, 1.82) is 0 Å². The summed E-state index contributed by atoms with van der Waals surface area (Å²) in [6.07, 6.45) is 3.93. The molecule has 2 aliphatic heterocycles. The number of aliphatic hydroxyl groups is 2. The van der Waals surface area contributed by atoms with Crippen LogP contribution in [0.2, 0.25) is 0 Å². The van der Waals surface area contributed by atoms with Crippen molar-refractivity contribution in [2.45, 2.75) is 151 Å². The minimum absolute atomic E-state index is 0.0739. The summed E-state index contributed by atoms with van der Waals surface area (Å²) in [6.45, 7) is 16.2. The van der Waals surface area contributed by atoms with Gasteiger partial charge in [0, 0.05) is 107 Å². The zero-order valence-electron chi connectivity index (χ0n) is 41.7. The van der Waals surface area contributed by atoms with Gasteiger partial charge in [0.25, 0.3) is 0 Å². The second kappa shape index (κ2) is 26.7. The monoisotopic (exact) mass is 940 g/mol. The number of likely N-dealkylation sites (tertiary alicyclic amines) is 2. The molecule has 0 saturated carbocycles. The standard InChI is InChI=1S/C51H81N5O11/c1-11-32(6)46(37(28-57)27-43(61)55-24-18-21-40(55)38(29-58)34(8)47(62)52-39(51(66)67)26-36-19-14-12-15-20-36)54(10)50(65)45(31(4)5)53-48(63)44(30(2)3)35(9)41(59)22-16-13-17-23-56-42(60)25-33(7)49(56)64/h12,14-15,19-20,30-35,37-40,44-46,57-58H,11,13,16-18,21-29H2,1-10H3,(H,52,62)(H,53,63)(H,66,67)/t32-,33?,34+,35?,37-,38+,39-,40-,44+,45-,46-/m0/s1. The van der Waals surface area contributed by atoms with Crippen LogP contribution < -0.4 is 10.6 Å². The molecular formula is C51H81N5O11. The Kier molecular flexibility index (Phi) is 22.6. The van der Waals surface area contributed by atoms with E-state index >= 15 is 0 Å². The number of carboxylic acids is 1. The maximum Gasteiger partial charge on any atom is 0.326 e. The molecule has 16 heteroatoms. The lowest BCUT2D eigenvalue weighted by atomic mass is 9.79. The molecule has 2 heterocycles. The number of amides is 6. The highest BCUT2D eigenvalue weighted by atomic mass is 16.4. The third-order valence-corrected chi connectivity index (χ3v) is 14.5. The van der Waals surface area contributed by atoms with Crippen molar-refractivity contribution >= 4 is 47.2 Å². The van der Waals surface area contributed by atoms with Gasteiger partial charge in [-0.3, -0.25) is 38.5 Å². The number of benzene rings is 1. The Morgan fingerprint density at radius 2 is 1.51 bits per heavy atom. The van der Waals surface area contributed by atoms with Gasteiger partial charge in [0.15, 0.2) is 0 Å². The zero-order chi connectivity index (χ0) is 50.3. The van der Waals surface area contributed by atoms with Crippen molar-refractivity contribution in [3.8, 4) is 0 Å². The second-order valence-electron chi connectivity index (χ2n) is 20.0. The Balaban J connectivity index is 1.71. The molecular weight excluding hydrogens is 859 g/mol. The number of imide groups is 1. The van der Waals surface area contributed by atoms with Crippen molar-refractivity contribution in [1.82, 2.24) is 25.3 Å². The highest BCUT2D eigenvalue weighted by Gasteiger charge is 2.43. The fourth-order valence-corrected chi connectivity index (χ4v) is 10.2. The number of carbonyl (C=O) groups excluding carboxylic acids is 7. The first-order chi connectivity index (χ1) is 31.6. The summed E-state index contributed by atoms with van der Waals surface area (Å²) >= 11 is 0. The number of aliphatic hydroxyl groups excluding tert-OH is 2. The minimum Gasteiger partial charge on any atom is -0.480 e. The number of Topliss-reactive ketones (excluding diaryl/α,β-unsaturated/α-hetero) is 1. The number of ketones is 1. The molecule has 2 unspecified atom stereocenters. The molecule has 67 heavy (non-hydrogen) atoms. The van der Waals surface area contributed by atoms with Crippen LogP contribution in [0.15, 0.2) is 30.3 Å². The molecule has 0 aliphatic carbocycles. The normalized spacial score (nSPS) is 20.4. The third kappa shape index (κ3) is 15.1. The molecule has 0 radical (unpaired) electrons. The number of unbranched alkanes of at least 4 members (excludes halogenated alkanes) is 2. The first-order valence-corrected chi connectivity index (χ1v) is 24.6. The van der Waals surface area contributed by atoms with E-state index in [4.69, 9.17) is 0 Å². The number of aliphatic carboxylic acids is 1. The summed E-state index contributed by atoms with van der Waals surface area (Å²) < 4.78 is 0. The van der Waals surface area contributed by atoms with E-state index in [9.17, 15) is 53.7 Å². The van der Waals surface area contributed by atoms with E-state index in [1.54, 1.807) is 57.0 Å². The maximum atomic E-state index is 14.6. The minimum atomic E-state index is -1.19. The predicted octanol–water partition coefficient (Wildman–Crippen LogP) is 4.48. The lowest BCUT2D eigenvalue weighted by Crippen LogP contribution is -2.57. The van der Waals surface area contributed by atoms with Crippen LogP contribution in [0.1, 0.15) is 126 Å². The molecule has 1 aromatic carbocycles. The Labute approximate surface area is 398 Å². The van der Waals surface area contributed by atoms with E-state index in [2.05, 4.69) is 10.6 Å². The van der Waals surface area contributed by atoms with Crippen LogP contribution in [0.4, 0.5) is 0 Å². The number of likely N-dealkylation sites (N-methyl/N-ethyl adjacent to an activating group) is 1. The lowest BCUT2D eigenvalue weighted by molar-refractivity contribution is -0.145. The first-order valence-electron chi connectivity index (χ1n) is 24.6. The number of carbonyl (C=O) groups is 8. The predicted molar refractivity (Wildman–Crippen MR) is 254 cm³/mol. The van der Waals surface area contributed by atoms with E-state index in [1.165, 1.54) is 9.80 Å². The Hall–Kier alpha value is -4.70. The van der Waals surface area contributed by atoms with E-state index in [0.717, 1.165) is 5.56 Å². The van der Waals surface area contributed by atoms with Crippen LogP contribution in [0.5, 0.6) is 0 Å². The highest BCUT2D eigenvalue weighted by molar-refractivity contribution is 6.03. The van der Waals surface area contributed by atoms with Crippen LogP contribution in [-0.4, -0.2) is 135 Å². The van der Waals surface area contributed by atoms with Crippen LogP contribution in [0, 0.1) is 53.3 Å². The van der Waals surface area contributed by atoms with Gasteiger partial charge in [0.1, 0.15) is 17.9 Å². The molecule has 5 N–H and O–H groups in total. The van der Waals surface area contributed by atoms with Crippen LogP contribution in [0.3, 0.4) is 0 Å². The molecule has 0 aromatic heterocycles. The molecule has 0 spiro atoms. The third-order valence-electron chi connectivity index (χ3n) is 14.5. The van der Waals surface area contributed by atoms with Gasteiger partial charge < -0.3 is 35.8 Å². The second-order valence-corrected chi connectivity index (χ2v) is 20.0. The Morgan fingerprint density at radius 3 is 2.04 bits per heavy atom. The van der Waals surface area contributed by atoms with E-state index in [1.807, 2.05) is 47.6 Å². The topological polar surface area (TPSA) is 231 Å². The molecule has 2 saturated heterocycles.